The normalized spacial score (nSPS) is 19.6. The number of fused-ring (bicyclic) bond motifs is 1. The van der Waals surface area contributed by atoms with Crippen molar-refractivity contribution in [2.45, 2.75) is 28.7 Å². The van der Waals surface area contributed by atoms with Crippen LogP contribution >= 0.6 is 23.5 Å². The number of rotatable bonds is 12. The maximum absolute atomic E-state index is 13.7. The quantitative estimate of drug-likeness (QED) is 0.103. The van der Waals surface area contributed by atoms with Crippen molar-refractivity contribution in [2.24, 2.45) is 12.8 Å². The molecule has 260 valence electrons. The van der Waals surface area contributed by atoms with Crippen LogP contribution in [0.4, 0.5) is 20.1 Å². The second-order valence-corrected chi connectivity index (χ2v) is 12.8. The van der Waals surface area contributed by atoms with Gasteiger partial charge < -0.3 is 41.2 Å². The van der Waals surface area contributed by atoms with Crippen molar-refractivity contribution < 1.29 is 48.5 Å². The summed E-state index contributed by atoms with van der Waals surface area (Å²) in [6, 6.07) is 0.0141. The number of aryl methyl sites for hydroxylation is 1. The van der Waals surface area contributed by atoms with Crippen molar-refractivity contribution in [3.63, 3.8) is 0 Å². The van der Waals surface area contributed by atoms with Crippen LogP contribution in [0.5, 0.6) is 0 Å². The number of nitrogens with zero attached hydrogens (tertiary/aromatic N) is 5. The summed E-state index contributed by atoms with van der Waals surface area (Å²) in [4.78, 5) is 89.3. The number of hydrogen-bond donors (Lipinski definition) is 7. The highest BCUT2D eigenvalue weighted by molar-refractivity contribution is 8.01. The number of nitrogens with one attached hydrogen (secondary N) is 4. The molecule has 0 saturated carbocycles. The molecule has 0 aliphatic carbocycles. The molecule has 5 rings (SSSR count). The van der Waals surface area contributed by atoms with Crippen LogP contribution in [0.25, 0.3) is 0 Å². The lowest BCUT2D eigenvalue weighted by Gasteiger charge is -2.49. The molecule has 4 heterocycles. The molecule has 1 aromatic carbocycles. The SMILES string of the molecule is Cn1cnnc1SCC1=C(C(=O)O)N2C(=O)[C@@H](NC(=O)[C@H](NC(=O)N3CCNC3=O)c3ccc(NC(=O)OC[C@@H](N)C(=O)O)cc3)[C@@H]2SC1. The number of aliphatic carboxylic acids is 2. The number of benzene rings is 1. The average molecular weight is 719 g/mol. The molecule has 22 heteroatoms. The molecule has 2 saturated heterocycles. The Morgan fingerprint density at radius 2 is 1.92 bits per heavy atom. The Morgan fingerprint density at radius 1 is 1.18 bits per heavy atom. The lowest BCUT2D eigenvalue weighted by Crippen LogP contribution is -2.71. The number of hydrogen-bond acceptors (Lipinski definition) is 13. The van der Waals surface area contributed by atoms with E-state index in [9.17, 15) is 38.7 Å². The summed E-state index contributed by atoms with van der Waals surface area (Å²) < 4.78 is 6.45. The summed E-state index contributed by atoms with van der Waals surface area (Å²) in [5, 5.41) is 36.4. The van der Waals surface area contributed by atoms with E-state index in [0.717, 1.165) is 9.80 Å². The fourth-order valence-electron chi connectivity index (χ4n) is 4.90. The molecular formula is C27H30N10O10S2. The maximum atomic E-state index is 13.7. The third kappa shape index (κ3) is 7.70. The first kappa shape index (κ1) is 35.0. The number of thioether (sulfide) groups is 2. The molecule has 0 radical (unpaired) electrons. The van der Waals surface area contributed by atoms with Gasteiger partial charge in [0.05, 0.1) is 0 Å². The summed E-state index contributed by atoms with van der Waals surface area (Å²) >= 11 is 2.53. The van der Waals surface area contributed by atoms with Gasteiger partial charge in [0.25, 0.3) is 5.91 Å². The molecule has 4 atom stereocenters. The number of imide groups is 1. The van der Waals surface area contributed by atoms with E-state index in [1.165, 1.54) is 54.1 Å². The number of aromatic nitrogens is 3. The Kier molecular flexibility index (Phi) is 10.6. The lowest BCUT2D eigenvalue weighted by molar-refractivity contribution is -0.151. The second-order valence-electron chi connectivity index (χ2n) is 10.7. The summed E-state index contributed by atoms with van der Waals surface area (Å²) in [6.07, 6.45) is 0.517. The number of carboxylic acids is 2. The zero-order valence-corrected chi connectivity index (χ0v) is 27.2. The zero-order valence-electron chi connectivity index (χ0n) is 25.5. The zero-order chi connectivity index (χ0) is 35.4. The van der Waals surface area contributed by atoms with E-state index in [-0.39, 0.29) is 41.5 Å². The van der Waals surface area contributed by atoms with Gasteiger partial charge in [0.2, 0.25) is 5.91 Å². The predicted octanol–water partition coefficient (Wildman–Crippen LogP) is -0.918. The third-order valence-corrected chi connectivity index (χ3v) is 9.89. The number of ether oxygens (including phenoxy) is 1. The molecule has 7 amide bonds. The van der Waals surface area contributed by atoms with E-state index in [1.54, 1.807) is 11.6 Å². The molecule has 2 fully saturated rings. The smallest absolute Gasteiger partial charge is 0.411 e. The van der Waals surface area contributed by atoms with Crippen LogP contribution in [0.3, 0.4) is 0 Å². The van der Waals surface area contributed by atoms with Gasteiger partial charge in [-0.1, -0.05) is 23.9 Å². The summed E-state index contributed by atoms with van der Waals surface area (Å²) in [6.45, 7) is -0.326. The predicted molar refractivity (Wildman–Crippen MR) is 170 cm³/mol. The number of amides is 7. The molecule has 1 aromatic heterocycles. The first-order chi connectivity index (χ1) is 23.3. The maximum Gasteiger partial charge on any atom is 0.411 e. The average Bonchev–Trinajstić information content (AvgIpc) is 3.70. The molecule has 3 aliphatic rings. The van der Waals surface area contributed by atoms with Gasteiger partial charge in [-0.3, -0.25) is 24.6 Å². The summed E-state index contributed by atoms with van der Waals surface area (Å²) in [7, 11) is 1.74. The number of carboxylic acid groups (broad SMARTS) is 2. The molecule has 0 unspecified atom stereocenters. The minimum Gasteiger partial charge on any atom is -0.480 e. The van der Waals surface area contributed by atoms with E-state index < -0.39 is 72.0 Å². The van der Waals surface area contributed by atoms with Crippen molar-refractivity contribution >= 4 is 71.1 Å². The largest absolute Gasteiger partial charge is 0.480 e. The highest BCUT2D eigenvalue weighted by Crippen LogP contribution is 2.41. The minimum atomic E-state index is -1.43. The van der Waals surface area contributed by atoms with Crippen molar-refractivity contribution in [3.05, 3.63) is 47.4 Å². The summed E-state index contributed by atoms with van der Waals surface area (Å²) in [5.41, 5.74) is 6.03. The number of nitrogens with two attached hydrogens (primary N) is 1. The van der Waals surface area contributed by atoms with Gasteiger partial charge in [-0.25, -0.2) is 24.1 Å². The standard InChI is InChI=1S/C27H30N10O10S2/c1-35-11-30-34-26(35)49-10-13-9-48-21-17(20(39)37(21)18(13)23(42)43)32-19(38)16(33-25(45)36-7-6-29-24(36)44)12-2-4-14(5-3-12)31-27(46)47-8-15(28)22(40)41/h2-5,11,15-17,21H,6-10,28H2,1H3,(H,29,44)(H,31,46)(H,32,38)(H,33,45)(H,40,41)(H,42,43)/t15-,16-,17-,21+/m1/s1. The van der Waals surface area contributed by atoms with Crippen molar-refractivity contribution in [1.82, 2.24) is 40.5 Å². The van der Waals surface area contributed by atoms with Gasteiger partial charge in [-0.05, 0) is 23.3 Å². The fraction of sp³-hybridized carbons (Fsp3) is 0.370. The van der Waals surface area contributed by atoms with Gasteiger partial charge in [0, 0.05) is 37.3 Å². The minimum absolute atomic E-state index is 0.0475. The molecule has 3 aliphatic heterocycles. The number of urea groups is 2. The van der Waals surface area contributed by atoms with Crippen LogP contribution in [0, 0.1) is 0 Å². The van der Waals surface area contributed by atoms with Gasteiger partial charge in [0.15, 0.2) is 5.16 Å². The van der Waals surface area contributed by atoms with Crippen LogP contribution < -0.4 is 27.0 Å². The number of carbonyl (C=O) groups excluding carboxylic acids is 5. The van der Waals surface area contributed by atoms with Crippen LogP contribution in [-0.4, -0.2) is 125 Å². The van der Waals surface area contributed by atoms with Crippen LogP contribution in [-0.2, 0) is 31.0 Å². The Balaban J connectivity index is 1.29. The molecule has 49 heavy (non-hydrogen) atoms. The van der Waals surface area contributed by atoms with Crippen molar-refractivity contribution in [1.29, 1.82) is 0 Å². The second kappa shape index (κ2) is 14.8. The molecule has 2 aromatic rings. The van der Waals surface area contributed by atoms with Gasteiger partial charge >= 0.3 is 30.1 Å². The van der Waals surface area contributed by atoms with Gasteiger partial charge in [-0.2, -0.15) is 0 Å². The van der Waals surface area contributed by atoms with Crippen molar-refractivity contribution in [2.75, 3.05) is 36.5 Å². The Hall–Kier alpha value is -5.35. The monoisotopic (exact) mass is 718 g/mol. The molecule has 0 bridgehead atoms. The Labute approximate surface area is 285 Å². The number of anilines is 1. The third-order valence-electron chi connectivity index (χ3n) is 7.43. The molecular weight excluding hydrogens is 688 g/mol. The van der Waals surface area contributed by atoms with E-state index >= 15 is 0 Å². The number of carbonyl (C=O) groups is 7. The van der Waals surface area contributed by atoms with E-state index in [0.29, 0.717) is 10.7 Å². The molecule has 0 spiro atoms. The topological polar surface area (TPSA) is 281 Å². The highest BCUT2D eigenvalue weighted by atomic mass is 32.2. The Morgan fingerprint density at radius 3 is 2.53 bits per heavy atom. The van der Waals surface area contributed by atoms with Crippen molar-refractivity contribution in [3.8, 4) is 0 Å². The lowest BCUT2D eigenvalue weighted by atomic mass is 10.0. The Bertz CT molecular complexity index is 1720. The van der Waals surface area contributed by atoms with E-state index in [4.69, 9.17) is 15.6 Å². The van der Waals surface area contributed by atoms with Gasteiger partial charge in [0.1, 0.15) is 42.1 Å². The van der Waals surface area contributed by atoms with E-state index in [1.807, 2.05) is 0 Å². The molecule has 8 N–H and O–H groups in total. The highest BCUT2D eigenvalue weighted by Gasteiger charge is 2.54. The molecule has 20 nitrogen and oxygen atoms in total. The van der Waals surface area contributed by atoms with Crippen LogP contribution in [0.1, 0.15) is 11.6 Å². The summed E-state index contributed by atoms with van der Waals surface area (Å²) in [5.74, 6) is -3.63. The number of β-lactam (4-membered cyclic amide) rings is 1. The van der Waals surface area contributed by atoms with Crippen LogP contribution in [0.2, 0.25) is 0 Å². The first-order valence-corrected chi connectivity index (χ1v) is 16.4. The van der Waals surface area contributed by atoms with Gasteiger partial charge in [-0.15, -0.1) is 22.0 Å². The fourth-order valence-corrected chi connectivity index (χ4v) is 7.28. The first-order valence-electron chi connectivity index (χ1n) is 14.4. The van der Waals surface area contributed by atoms with Crippen LogP contribution in [0.15, 0.2) is 47.0 Å². The van der Waals surface area contributed by atoms with E-state index in [2.05, 4.69) is 31.5 Å².